The van der Waals surface area contributed by atoms with Crippen LogP contribution in [-0.4, -0.2) is 18.6 Å². The molecular formula is C14H16N2O2. The van der Waals surface area contributed by atoms with Crippen molar-refractivity contribution < 1.29 is 9.53 Å². The summed E-state index contributed by atoms with van der Waals surface area (Å²) >= 11 is 0. The molecule has 0 saturated carbocycles. The molecule has 0 aromatic heterocycles. The molecule has 1 aromatic carbocycles. The fraction of sp³-hybridized carbons (Fsp3) is 0.429. The highest BCUT2D eigenvalue weighted by Gasteiger charge is 2.14. The summed E-state index contributed by atoms with van der Waals surface area (Å²) in [6, 6.07) is 7.48. The van der Waals surface area contributed by atoms with E-state index in [1.54, 1.807) is 0 Å². The van der Waals surface area contributed by atoms with Gasteiger partial charge >= 0.3 is 0 Å². The van der Waals surface area contributed by atoms with E-state index in [2.05, 4.69) is 11.4 Å². The van der Waals surface area contributed by atoms with Crippen LogP contribution in [-0.2, 0) is 17.6 Å². The minimum absolute atomic E-state index is 0.109. The van der Waals surface area contributed by atoms with Crippen molar-refractivity contribution in [1.29, 1.82) is 5.26 Å². The molecule has 1 N–H and O–H groups in total. The number of nitrogens with zero attached hydrogens (tertiary/aromatic N) is 1. The molecule has 1 aliphatic rings. The topological polar surface area (TPSA) is 62.1 Å². The van der Waals surface area contributed by atoms with Gasteiger partial charge in [0.2, 0.25) is 5.91 Å². The van der Waals surface area contributed by atoms with Crippen molar-refractivity contribution in [2.75, 3.05) is 6.61 Å². The summed E-state index contributed by atoms with van der Waals surface area (Å²) in [6.07, 6.45) is 1.84. The van der Waals surface area contributed by atoms with Crippen molar-refractivity contribution in [3.05, 3.63) is 29.3 Å². The summed E-state index contributed by atoms with van der Waals surface area (Å²) < 4.78 is 5.41. The second-order valence-corrected chi connectivity index (χ2v) is 4.37. The van der Waals surface area contributed by atoms with E-state index >= 15 is 0 Å². The first-order valence-corrected chi connectivity index (χ1v) is 6.16. The highest BCUT2D eigenvalue weighted by Crippen LogP contribution is 2.25. The van der Waals surface area contributed by atoms with Crippen LogP contribution < -0.4 is 10.1 Å². The van der Waals surface area contributed by atoms with Crippen molar-refractivity contribution >= 4 is 5.91 Å². The SMILES string of the molecule is CCC(C#N)NC(=O)Cc1ccc2c(c1)CCO2. The van der Waals surface area contributed by atoms with Gasteiger partial charge < -0.3 is 10.1 Å². The Hall–Kier alpha value is -2.02. The molecular weight excluding hydrogens is 228 g/mol. The summed E-state index contributed by atoms with van der Waals surface area (Å²) in [6.45, 7) is 2.60. The molecule has 2 rings (SSSR count). The third kappa shape index (κ3) is 2.80. The van der Waals surface area contributed by atoms with Gasteiger partial charge in [0.1, 0.15) is 11.8 Å². The number of benzene rings is 1. The molecule has 0 radical (unpaired) electrons. The van der Waals surface area contributed by atoms with Crippen molar-refractivity contribution in [1.82, 2.24) is 5.32 Å². The highest BCUT2D eigenvalue weighted by molar-refractivity contribution is 5.79. The Morgan fingerprint density at radius 2 is 2.44 bits per heavy atom. The van der Waals surface area contributed by atoms with Gasteiger partial charge in [-0.1, -0.05) is 19.1 Å². The van der Waals surface area contributed by atoms with E-state index in [0.717, 1.165) is 29.9 Å². The van der Waals surface area contributed by atoms with Crippen molar-refractivity contribution in [2.24, 2.45) is 0 Å². The lowest BCUT2D eigenvalue weighted by atomic mass is 10.1. The van der Waals surface area contributed by atoms with Crippen LogP contribution >= 0.6 is 0 Å². The molecule has 4 heteroatoms. The zero-order valence-corrected chi connectivity index (χ0v) is 10.4. The predicted molar refractivity (Wildman–Crippen MR) is 67.2 cm³/mol. The van der Waals surface area contributed by atoms with Crippen LogP contribution in [0.4, 0.5) is 0 Å². The number of amides is 1. The minimum Gasteiger partial charge on any atom is -0.493 e. The van der Waals surface area contributed by atoms with Crippen LogP contribution in [0.3, 0.4) is 0 Å². The summed E-state index contributed by atoms with van der Waals surface area (Å²) in [4.78, 5) is 11.7. The van der Waals surface area contributed by atoms with Gasteiger partial charge in [-0.3, -0.25) is 4.79 Å². The van der Waals surface area contributed by atoms with Gasteiger partial charge in [0.15, 0.2) is 0 Å². The van der Waals surface area contributed by atoms with Crippen molar-refractivity contribution in [3.63, 3.8) is 0 Å². The molecule has 1 atom stereocenters. The molecule has 0 aliphatic carbocycles. The first-order valence-electron chi connectivity index (χ1n) is 6.16. The Morgan fingerprint density at radius 3 is 3.17 bits per heavy atom. The van der Waals surface area contributed by atoms with Crippen molar-refractivity contribution in [2.45, 2.75) is 32.2 Å². The van der Waals surface area contributed by atoms with Gasteiger partial charge in [0, 0.05) is 6.42 Å². The molecule has 0 saturated heterocycles. The third-order valence-electron chi connectivity index (χ3n) is 3.02. The second kappa shape index (κ2) is 5.54. The molecule has 0 fully saturated rings. The van der Waals surface area contributed by atoms with E-state index in [9.17, 15) is 4.79 Å². The van der Waals surface area contributed by atoms with Gasteiger partial charge in [-0.05, 0) is 23.6 Å². The molecule has 1 aliphatic heterocycles. The Bertz CT molecular complexity index is 491. The summed E-state index contributed by atoms with van der Waals surface area (Å²) in [7, 11) is 0. The van der Waals surface area contributed by atoms with E-state index in [1.807, 2.05) is 25.1 Å². The van der Waals surface area contributed by atoms with Crippen LogP contribution in [0.1, 0.15) is 24.5 Å². The van der Waals surface area contributed by atoms with Crippen LogP contribution in [0.15, 0.2) is 18.2 Å². The number of rotatable bonds is 4. The molecule has 1 amide bonds. The van der Waals surface area contributed by atoms with E-state index in [1.165, 1.54) is 0 Å². The molecule has 1 aromatic rings. The Morgan fingerprint density at radius 1 is 1.61 bits per heavy atom. The van der Waals surface area contributed by atoms with E-state index in [4.69, 9.17) is 10.00 Å². The number of fused-ring (bicyclic) bond motifs is 1. The number of carbonyl (C=O) groups excluding carboxylic acids is 1. The van der Waals surface area contributed by atoms with Gasteiger partial charge in [0.25, 0.3) is 0 Å². The van der Waals surface area contributed by atoms with E-state index in [0.29, 0.717) is 12.8 Å². The van der Waals surface area contributed by atoms with Gasteiger partial charge in [-0.15, -0.1) is 0 Å². The van der Waals surface area contributed by atoms with Gasteiger partial charge in [-0.25, -0.2) is 0 Å². The summed E-state index contributed by atoms with van der Waals surface area (Å²) in [5, 5.41) is 11.5. The van der Waals surface area contributed by atoms with E-state index < -0.39 is 6.04 Å². The predicted octanol–water partition coefficient (Wildman–Crippen LogP) is 1.58. The zero-order valence-electron chi connectivity index (χ0n) is 10.4. The number of nitrogens with one attached hydrogen (secondary N) is 1. The molecule has 1 heterocycles. The summed E-state index contributed by atoms with van der Waals surface area (Å²) in [5.74, 6) is 0.810. The standard InChI is InChI=1S/C14H16N2O2/c1-2-12(9-15)16-14(17)8-10-3-4-13-11(7-10)5-6-18-13/h3-4,7,12H,2,5-6,8H2,1H3,(H,16,17). The second-order valence-electron chi connectivity index (χ2n) is 4.37. The molecule has 18 heavy (non-hydrogen) atoms. The first-order chi connectivity index (χ1) is 8.72. The van der Waals surface area contributed by atoms with E-state index in [-0.39, 0.29) is 5.91 Å². The quantitative estimate of drug-likeness (QED) is 0.874. The molecule has 1 unspecified atom stereocenters. The Kier molecular flexibility index (Phi) is 3.83. The maximum absolute atomic E-state index is 11.7. The number of hydrogen-bond acceptors (Lipinski definition) is 3. The zero-order chi connectivity index (χ0) is 13.0. The third-order valence-corrected chi connectivity index (χ3v) is 3.02. The van der Waals surface area contributed by atoms with Gasteiger partial charge in [-0.2, -0.15) is 5.26 Å². The lowest BCUT2D eigenvalue weighted by molar-refractivity contribution is -0.120. The lowest BCUT2D eigenvalue weighted by Crippen LogP contribution is -2.34. The normalized spacial score (nSPS) is 14.2. The highest BCUT2D eigenvalue weighted by atomic mass is 16.5. The van der Waals surface area contributed by atoms with Gasteiger partial charge in [0.05, 0.1) is 19.1 Å². The summed E-state index contributed by atoms with van der Waals surface area (Å²) in [5.41, 5.74) is 2.12. The molecule has 0 bridgehead atoms. The minimum atomic E-state index is -0.393. The van der Waals surface area contributed by atoms with Crippen LogP contribution in [0.2, 0.25) is 0 Å². The largest absolute Gasteiger partial charge is 0.493 e. The molecule has 94 valence electrons. The number of nitriles is 1. The molecule has 4 nitrogen and oxygen atoms in total. The fourth-order valence-electron chi connectivity index (χ4n) is 2.01. The fourth-order valence-corrected chi connectivity index (χ4v) is 2.01. The maximum Gasteiger partial charge on any atom is 0.225 e. The first kappa shape index (κ1) is 12.4. The molecule has 0 spiro atoms. The van der Waals surface area contributed by atoms with Crippen LogP contribution in [0.25, 0.3) is 0 Å². The number of ether oxygens (including phenoxy) is 1. The average Bonchev–Trinajstić information content (AvgIpc) is 2.83. The van der Waals surface area contributed by atoms with Crippen LogP contribution in [0, 0.1) is 11.3 Å². The Balaban J connectivity index is 1.97. The average molecular weight is 244 g/mol. The van der Waals surface area contributed by atoms with Crippen molar-refractivity contribution in [3.8, 4) is 11.8 Å². The number of hydrogen-bond donors (Lipinski definition) is 1. The Labute approximate surface area is 107 Å². The lowest BCUT2D eigenvalue weighted by Gasteiger charge is -2.09. The number of carbonyl (C=O) groups is 1. The smallest absolute Gasteiger partial charge is 0.225 e. The van der Waals surface area contributed by atoms with Crippen LogP contribution in [0.5, 0.6) is 5.75 Å². The monoisotopic (exact) mass is 244 g/mol. The maximum atomic E-state index is 11.7.